The molecule has 2 nitrogen and oxygen atoms in total. The highest BCUT2D eigenvalue weighted by atomic mass is 19.1. The van der Waals surface area contributed by atoms with Crippen LogP contribution in [0.15, 0.2) is 18.2 Å². The second-order valence-electron chi connectivity index (χ2n) is 4.31. The van der Waals surface area contributed by atoms with Crippen molar-refractivity contribution in [2.75, 3.05) is 13.2 Å². The molecule has 0 aliphatic rings. The molecule has 0 aliphatic carbocycles. The van der Waals surface area contributed by atoms with Crippen LogP contribution in [0.25, 0.3) is 0 Å². The van der Waals surface area contributed by atoms with Crippen LogP contribution < -0.4 is 5.32 Å². The van der Waals surface area contributed by atoms with Crippen molar-refractivity contribution in [1.29, 1.82) is 0 Å². The van der Waals surface area contributed by atoms with Crippen LogP contribution in [0.2, 0.25) is 0 Å². The monoisotopic (exact) mass is 257 g/mol. The maximum atomic E-state index is 13.1. The van der Waals surface area contributed by atoms with E-state index in [9.17, 15) is 8.78 Å². The Morgan fingerprint density at radius 1 is 1.17 bits per heavy atom. The number of ether oxygens (including phenoxy) is 1. The third-order valence-corrected chi connectivity index (χ3v) is 2.84. The maximum Gasteiger partial charge on any atom is 0.126 e. The van der Waals surface area contributed by atoms with Crippen LogP contribution >= 0.6 is 0 Å². The minimum Gasteiger partial charge on any atom is -0.377 e. The molecule has 0 amide bonds. The molecule has 1 rings (SSSR count). The summed E-state index contributed by atoms with van der Waals surface area (Å²) in [5.41, 5.74) is 0.644. The summed E-state index contributed by atoms with van der Waals surface area (Å²) in [7, 11) is 0. The molecule has 0 aliphatic heterocycles. The van der Waals surface area contributed by atoms with Crippen LogP contribution in [0.1, 0.15) is 26.3 Å². The van der Waals surface area contributed by atoms with Gasteiger partial charge in [0.05, 0.1) is 6.10 Å². The summed E-state index contributed by atoms with van der Waals surface area (Å²) in [6, 6.07) is 3.67. The zero-order valence-electron chi connectivity index (χ0n) is 11.2. The van der Waals surface area contributed by atoms with E-state index in [1.165, 1.54) is 12.1 Å². The van der Waals surface area contributed by atoms with Crippen molar-refractivity contribution in [3.63, 3.8) is 0 Å². The molecule has 1 aromatic rings. The zero-order chi connectivity index (χ0) is 13.5. The highest BCUT2D eigenvalue weighted by Crippen LogP contribution is 2.12. The fourth-order valence-corrected chi connectivity index (χ4v) is 2.03. The van der Waals surface area contributed by atoms with Crippen LogP contribution in [0, 0.1) is 11.6 Å². The highest BCUT2D eigenvalue weighted by Gasteiger charge is 2.17. The fraction of sp³-hybridized carbons (Fsp3) is 0.571. The Hall–Kier alpha value is -1.00. The summed E-state index contributed by atoms with van der Waals surface area (Å²) in [6.07, 6.45) is 0.547. The zero-order valence-corrected chi connectivity index (χ0v) is 11.2. The van der Waals surface area contributed by atoms with Crippen molar-refractivity contribution in [1.82, 2.24) is 5.32 Å². The van der Waals surface area contributed by atoms with Crippen molar-refractivity contribution < 1.29 is 13.5 Å². The smallest absolute Gasteiger partial charge is 0.126 e. The number of benzene rings is 1. The summed E-state index contributed by atoms with van der Waals surface area (Å²) in [6.45, 7) is 7.31. The molecular weight excluding hydrogens is 236 g/mol. The van der Waals surface area contributed by atoms with E-state index in [4.69, 9.17) is 4.74 Å². The van der Waals surface area contributed by atoms with Crippen LogP contribution in [-0.4, -0.2) is 25.3 Å². The van der Waals surface area contributed by atoms with Gasteiger partial charge in [0.15, 0.2) is 0 Å². The number of rotatable bonds is 7. The van der Waals surface area contributed by atoms with Gasteiger partial charge in [-0.1, -0.05) is 6.92 Å². The van der Waals surface area contributed by atoms with Crippen molar-refractivity contribution in [3.05, 3.63) is 35.4 Å². The van der Waals surface area contributed by atoms with E-state index in [1.807, 2.05) is 20.8 Å². The van der Waals surface area contributed by atoms with Crippen molar-refractivity contribution in [3.8, 4) is 0 Å². The van der Waals surface area contributed by atoms with Gasteiger partial charge in [-0.3, -0.25) is 0 Å². The minimum absolute atomic E-state index is 0.00118. The quantitative estimate of drug-likeness (QED) is 0.811. The molecule has 0 saturated carbocycles. The van der Waals surface area contributed by atoms with Crippen molar-refractivity contribution >= 4 is 0 Å². The Morgan fingerprint density at radius 2 is 1.78 bits per heavy atom. The predicted molar refractivity (Wildman–Crippen MR) is 68.6 cm³/mol. The van der Waals surface area contributed by atoms with Gasteiger partial charge in [0, 0.05) is 18.7 Å². The molecular formula is C14H21F2NO. The van der Waals surface area contributed by atoms with Crippen LogP contribution in [0.4, 0.5) is 8.78 Å². The van der Waals surface area contributed by atoms with Gasteiger partial charge >= 0.3 is 0 Å². The first kappa shape index (κ1) is 15.1. The van der Waals surface area contributed by atoms with Gasteiger partial charge in [0.25, 0.3) is 0 Å². The molecule has 0 bridgehead atoms. The first-order chi connectivity index (χ1) is 8.56. The van der Waals surface area contributed by atoms with E-state index < -0.39 is 11.6 Å². The normalized spacial score (nSPS) is 14.5. The van der Waals surface area contributed by atoms with E-state index in [0.29, 0.717) is 18.6 Å². The number of hydrogen-bond donors (Lipinski definition) is 1. The molecule has 2 unspecified atom stereocenters. The summed E-state index contributed by atoms with van der Waals surface area (Å²) in [5.74, 6) is -1.08. The first-order valence-corrected chi connectivity index (χ1v) is 6.36. The number of likely N-dealkylation sites (N-methyl/N-ethyl adjacent to an activating group) is 1. The average molecular weight is 257 g/mol. The lowest BCUT2D eigenvalue weighted by atomic mass is 10.0. The summed E-state index contributed by atoms with van der Waals surface area (Å²) >= 11 is 0. The Labute approximate surface area is 107 Å². The Morgan fingerprint density at radius 3 is 2.28 bits per heavy atom. The molecule has 0 radical (unpaired) electrons. The SMILES string of the molecule is CCNC(Cc1cc(F)cc(F)c1)C(C)OCC. The van der Waals surface area contributed by atoms with E-state index in [1.54, 1.807) is 0 Å². The molecule has 18 heavy (non-hydrogen) atoms. The second-order valence-corrected chi connectivity index (χ2v) is 4.31. The fourth-order valence-electron chi connectivity index (χ4n) is 2.03. The lowest BCUT2D eigenvalue weighted by molar-refractivity contribution is 0.0480. The lowest BCUT2D eigenvalue weighted by Gasteiger charge is -2.24. The van der Waals surface area contributed by atoms with Gasteiger partial charge in [0.1, 0.15) is 11.6 Å². The second kappa shape index (κ2) is 7.44. The molecule has 0 saturated heterocycles. The average Bonchev–Trinajstić information content (AvgIpc) is 2.27. The molecule has 2 atom stereocenters. The van der Waals surface area contributed by atoms with Gasteiger partial charge in [-0.2, -0.15) is 0 Å². The van der Waals surface area contributed by atoms with Gasteiger partial charge in [-0.25, -0.2) is 8.78 Å². The van der Waals surface area contributed by atoms with Crippen LogP contribution in [0.3, 0.4) is 0 Å². The minimum atomic E-state index is -0.538. The van der Waals surface area contributed by atoms with E-state index >= 15 is 0 Å². The van der Waals surface area contributed by atoms with Crippen LogP contribution in [-0.2, 0) is 11.2 Å². The standard InChI is InChI=1S/C14H21F2NO/c1-4-17-14(10(3)18-5-2)8-11-6-12(15)9-13(16)7-11/h6-7,9-10,14,17H,4-5,8H2,1-3H3. The maximum absolute atomic E-state index is 13.1. The third kappa shape index (κ3) is 4.70. The van der Waals surface area contributed by atoms with E-state index in [0.717, 1.165) is 12.6 Å². The summed E-state index contributed by atoms with van der Waals surface area (Å²) in [5, 5.41) is 3.28. The van der Waals surface area contributed by atoms with Gasteiger partial charge in [-0.15, -0.1) is 0 Å². The summed E-state index contributed by atoms with van der Waals surface area (Å²) in [4.78, 5) is 0. The largest absolute Gasteiger partial charge is 0.377 e. The Bertz CT molecular complexity index is 351. The van der Waals surface area contributed by atoms with Gasteiger partial charge in [0.2, 0.25) is 0 Å². The lowest BCUT2D eigenvalue weighted by Crippen LogP contribution is -2.41. The highest BCUT2D eigenvalue weighted by molar-refractivity contribution is 5.19. The molecule has 0 spiro atoms. The Kier molecular flexibility index (Phi) is 6.22. The van der Waals surface area contributed by atoms with Crippen molar-refractivity contribution in [2.45, 2.75) is 39.3 Å². The molecule has 102 valence electrons. The first-order valence-electron chi connectivity index (χ1n) is 6.36. The van der Waals surface area contributed by atoms with E-state index in [2.05, 4.69) is 5.32 Å². The number of nitrogens with one attached hydrogen (secondary N) is 1. The summed E-state index contributed by atoms with van der Waals surface area (Å²) < 4.78 is 31.8. The number of halogens is 2. The van der Waals surface area contributed by atoms with Gasteiger partial charge < -0.3 is 10.1 Å². The molecule has 0 heterocycles. The predicted octanol–water partition coefficient (Wildman–Crippen LogP) is 2.91. The topological polar surface area (TPSA) is 21.3 Å². The molecule has 1 N–H and O–H groups in total. The third-order valence-electron chi connectivity index (χ3n) is 2.84. The molecule has 1 aromatic carbocycles. The number of hydrogen-bond acceptors (Lipinski definition) is 2. The van der Waals surface area contributed by atoms with Gasteiger partial charge in [-0.05, 0) is 44.5 Å². The molecule has 0 fully saturated rings. The van der Waals surface area contributed by atoms with E-state index in [-0.39, 0.29) is 12.1 Å². The molecule has 0 aromatic heterocycles. The Balaban J connectivity index is 2.75. The van der Waals surface area contributed by atoms with Crippen LogP contribution in [0.5, 0.6) is 0 Å². The molecule has 4 heteroatoms. The van der Waals surface area contributed by atoms with Crippen molar-refractivity contribution in [2.24, 2.45) is 0 Å².